The second kappa shape index (κ2) is 6.42. The molecule has 1 heterocycles. The summed E-state index contributed by atoms with van der Waals surface area (Å²) in [5.74, 6) is 0.596. The first kappa shape index (κ1) is 15.7. The van der Waals surface area contributed by atoms with Gasteiger partial charge in [-0.15, -0.1) is 0 Å². The molecule has 0 aliphatic carbocycles. The SMILES string of the molecule is COc1ncccc1COc1ccc(Br)cc1S(N)(=O)=O. The van der Waals surface area contributed by atoms with Crippen LogP contribution in [0.4, 0.5) is 0 Å². The van der Waals surface area contributed by atoms with Crippen molar-refractivity contribution in [3.8, 4) is 11.6 Å². The molecule has 0 fully saturated rings. The van der Waals surface area contributed by atoms with Crippen LogP contribution in [0.5, 0.6) is 11.6 Å². The maximum atomic E-state index is 11.6. The van der Waals surface area contributed by atoms with Crippen molar-refractivity contribution in [2.45, 2.75) is 11.5 Å². The molecule has 0 atom stereocenters. The van der Waals surface area contributed by atoms with Gasteiger partial charge in [-0.1, -0.05) is 15.9 Å². The summed E-state index contributed by atoms with van der Waals surface area (Å²) >= 11 is 3.20. The standard InChI is InChI=1S/C13H13BrN2O4S/c1-19-13-9(3-2-6-16-13)8-20-11-5-4-10(14)7-12(11)21(15,17)18/h2-7H,8H2,1H3,(H2,15,17,18). The van der Waals surface area contributed by atoms with E-state index in [-0.39, 0.29) is 17.3 Å². The van der Waals surface area contributed by atoms with Crippen LogP contribution >= 0.6 is 15.9 Å². The summed E-state index contributed by atoms with van der Waals surface area (Å²) in [5.41, 5.74) is 0.697. The number of sulfonamides is 1. The van der Waals surface area contributed by atoms with Crippen molar-refractivity contribution in [3.63, 3.8) is 0 Å². The molecule has 0 amide bonds. The van der Waals surface area contributed by atoms with E-state index in [2.05, 4.69) is 20.9 Å². The minimum absolute atomic E-state index is 0.0836. The molecule has 0 unspecified atom stereocenters. The summed E-state index contributed by atoms with van der Waals surface area (Å²) in [6, 6.07) is 8.12. The molecule has 0 bridgehead atoms. The number of ether oxygens (including phenoxy) is 2. The Labute approximate surface area is 131 Å². The zero-order valence-corrected chi connectivity index (χ0v) is 13.5. The predicted molar refractivity (Wildman–Crippen MR) is 80.6 cm³/mol. The van der Waals surface area contributed by atoms with Gasteiger partial charge in [0.1, 0.15) is 17.3 Å². The molecule has 2 aromatic rings. The average Bonchev–Trinajstić information content (AvgIpc) is 2.45. The Balaban J connectivity index is 2.29. The Hall–Kier alpha value is -1.64. The van der Waals surface area contributed by atoms with Crippen molar-refractivity contribution >= 4 is 26.0 Å². The summed E-state index contributed by atoms with van der Waals surface area (Å²) in [6.07, 6.45) is 1.59. The molecule has 1 aromatic heterocycles. The fraction of sp³-hybridized carbons (Fsp3) is 0.154. The van der Waals surface area contributed by atoms with E-state index in [0.717, 1.165) is 0 Å². The molecular weight excluding hydrogens is 360 g/mol. The van der Waals surface area contributed by atoms with Crippen LogP contribution in [0.1, 0.15) is 5.56 Å². The van der Waals surface area contributed by atoms with Crippen LogP contribution in [-0.2, 0) is 16.6 Å². The van der Waals surface area contributed by atoms with Crippen LogP contribution in [0.25, 0.3) is 0 Å². The van der Waals surface area contributed by atoms with Gasteiger partial charge in [-0.05, 0) is 30.3 Å². The maximum absolute atomic E-state index is 11.6. The van der Waals surface area contributed by atoms with E-state index < -0.39 is 10.0 Å². The van der Waals surface area contributed by atoms with Crippen molar-refractivity contribution in [3.05, 3.63) is 46.6 Å². The van der Waals surface area contributed by atoms with Crippen molar-refractivity contribution in [2.24, 2.45) is 5.14 Å². The third-order valence-corrected chi connectivity index (χ3v) is 4.06. The first-order chi connectivity index (χ1) is 9.91. The summed E-state index contributed by atoms with van der Waals surface area (Å²) in [6.45, 7) is 0.112. The second-order valence-corrected chi connectivity index (χ2v) is 6.54. The zero-order valence-electron chi connectivity index (χ0n) is 11.1. The van der Waals surface area contributed by atoms with Gasteiger partial charge in [-0.25, -0.2) is 18.5 Å². The third kappa shape index (κ3) is 3.93. The average molecular weight is 373 g/mol. The molecule has 0 aliphatic heterocycles. The van der Waals surface area contributed by atoms with Crippen LogP contribution in [-0.4, -0.2) is 20.5 Å². The highest BCUT2D eigenvalue weighted by atomic mass is 79.9. The van der Waals surface area contributed by atoms with Crippen LogP contribution in [0, 0.1) is 0 Å². The van der Waals surface area contributed by atoms with E-state index in [1.54, 1.807) is 24.4 Å². The number of benzene rings is 1. The quantitative estimate of drug-likeness (QED) is 0.867. The van der Waals surface area contributed by atoms with Gasteiger partial charge in [-0.2, -0.15) is 0 Å². The lowest BCUT2D eigenvalue weighted by molar-refractivity contribution is 0.287. The number of methoxy groups -OCH3 is 1. The predicted octanol–water partition coefficient (Wildman–Crippen LogP) is 2.08. The van der Waals surface area contributed by atoms with E-state index in [1.807, 2.05) is 0 Å². The highest BCUT2D eigenvalue weighted by Gasteiger charge is 2.16. The minimum atomic E-state index is -3.88. The number of nitrogens with zero attached hydrogens (tertiary/aromatic N) is 1. The molecule has 2 N–H and O–H groups in total. The number of hydrogen-bond donors (Lipinski definition) is 1. The Morgan fingerprint density at radius 3 is 2.76 bits per heavy atom. The van der Waals surface area contributed by atoms with Crippen LogP contribution in [0.2, 0.25) is 0 Å². The first-order valence-corrected chi connectivity index (χ1v) is 8.19. The number of nitrogens with two attached hydrogens (primary N) is 1. The number of hydrogen-bond acceptors (Lipinski definition) is 5. The summed E-state index contributed by atoms with van der Waals surface area (Å²) in [4.78, 5) is 3.96. The number of halogens is 1. The maximum Gasteiger partial charge on any atom is 0.241 e. The van der Waals surface area contributed by atoms with Crippen LogP contribution in [0.3, 0.4) is 0 Å². The van der Waals surface area contributed by atoms with E-state index in [4.69, 9.17) is 14.6 Å². The van der Waals surface area contributed by atoms with Crippen molar-refractivity contribution in [1.82, 2.24) is 4.98 Å². The molecule has 112 valence electrons. The molecule has 21 heavy (non-hydrogen) atoms. The molecule has 0 aliphatic rings. The monoisotopic (exact) mass is 372 g/mol. The molecule has 6 nitrogen and oxygen atoms in total. The summed E-state index contributed by atoms with van der Waals surface area (Å²) < 4.78 is 34.4. The van der Waals surface area contributed by atoms with Gasteiger partial charge in [-0.3, -0.25) is 0 Å². The molecule has 0 spiro atoms. The fourth-order valence-corrected chi connectivity index (χ4v) is 2.91. The number of primary sulfonamides is 1. The van der Waals surface area contributed by atoms with Gasteiger partial charge < -0.3 is 9.47 Å². The molecule has 2 rings (SSSR count). The Kier molecular flexibility index (Phi) is 4.81. The summed E-state index contributed by atoms with van der Waals surface area (Å²) in [7, 11) is -2.38. The first-order valence-electron chi connectivity index (χ1n) is 5.85. The van der Waals surface area contributed by atoms with E-state index >= 15 is 0 Å². The van der Waals surface area contributed by atoms with Gasteiger partial charge >= 0.3 is 0 Å². The lowest BCUT2D eigenvalue weighted by Gasteiger charge is -2.12. The van der Waals surface area contributed by atoms with Gasteiger partial charge in [0.05, 0.1) is 12.7 Å². The minimum Gasteiger partial charge on any atom is -0.487 e. The lowest BCUT2D eigenvalue weighted by atomic mass is 10.3. The molecule has 0 radical (unpaired) electrons. The summed E-state index contributed by atoms with van der Waals surface area (Å²) in [5, 5.41) is 5.19. The fourth-order valence-electron chi connectivity index (χ4n) is 1.70. The Morgan fingerprint density at radius 2 is 2.10 bits per heavy atom. The number of aromatic nitrogens is 1. The number of rotatable bonds is 5. The normalized spacial score (nSPS) is 11.2. The molecular formula is C13H13BrN2O4S. The molecule has 0 saturated heterocycles. The highest BCUT2D eigenvalue weighted by molar-refractivity contribution is 9.10. The lowest BCUT2D eigenvalue weighted by Crippen LogP contribution is -2.14. The topological polar surface area (TPSA) is 91.5 Å². The van der Waals surface area contributed by atoms with Crippen molar-refractivity contribution < 1.29 is 17.9 Å². The largest absolute Gasteiger partial charge is 0.487 e. The molecule has 8 heteroatoms. The molecule has 1 aromatic carbocycles. The zero-order chi connectivity index (χ0) is 15.5. The molecule has 0 saturated carbocycles. The van der Waals surface area contributed by atoms with E-state index in [1.165, 1.54) is 19.2 Å². The van der Waals surface area contributed by atoms with Gasteiger partial charge in [0.15, 0.2) is 0 Å². The van der Waals surface area contributed by atoms with Crippen molar-refractivity contribution in [2.75, 3.05) is 7.11 Å². The smallest absolute Gasteiger partial charge is 0.241 e. The van der Waals surface area contributed by atoms with E-state index in [0.29, 0.717) is 15.9 Å². The Morgan fingerprint density at radius 1 is 1.33 bits per heavy atom. The van der Waals surface area contributed by atoms with Gasteiger partial charge in [0, 0.05) is 10.7 Å². The highest BCUT2D eigenvalue weighted by Crippen LogP contribution is 2.28. The Bertz CT molecular complexity index is 750. The van der Waals surface area contributed by atoms with E-state index in [9.17, 15) is 8.42 Å². The van der Waals surface area contributed by atoms with Crippen LogP contribution in [0.15, 0.2) is 45.9 Å². The van der Waals surface area contributed by atoms with Gasteiger partial charge in [0.2, 0.25) is 15.9 Å². The van der Waals surface area contributed by atoms with Gasteiger partial charge in [0.25, 0.3) is 0 Å². The van der Waals surface area contributed by atoms with Crippen LogP contribution < -0.4 is 14.6 Å². The van der Waals surface area contributed by atoms with Crippen molar-refractivity contribution in [1.29, 1.82) is 0 Å². The second-order valence-electron chi connectivity index (χ2n) is 4.10. The number of pyridine rings is 1. The third-order valence-electron chi connectivity index (χ3n) is 2.64.